The third-order valence-electron chi connectivity index (χ3n) is 3.67. The number of aliphatic hydroxyl groups is 1. The Bertz CT molecular complexity index is 565. The lowest BCUT2D eigenvalue weighted by Gasteiger charge is -2.28. The molecular weight excluding hydrogens is 272 g/mol. The van der Waals surface area contributed by atoms with Crippen LogP contribution in [0.2, 0.25) is 5.02 Å². The smallest absolute Gasteiger partial charge is 0.118 e. The van der Waals surface area contributed by atoms with E-state index in [0.717, 1.165) is 21.9 Å². The molecule has 0 aliphatic rings. The molecule has 1 unspecified atom stereocenters. The van der Waals surface area contributed by atoms with E-state index >= 15 is 0 Å². The van der Waals surface area contributed by atoms with E-state index in [1.54, 1.807) is 7.11 Å². The van der Waals surface area contributed by atoms with Crippen molar-refractivity contribution in [3.63, 3.8) is 0 Å². The van der Waals surface area contributed by atoms with Crippen molar-refractivity contribution in [2.24, 2.45) is 0 Å². The fourth-order valence-electron chi connectivity index (χ4n) is 2.30. The molecule has 0 aliphatic heterocycles. The van der Waals surface area contributed by atoms with Crippen molar-refractivity contribution >= 4 is 11.6 Å². The Morgan fingerprint density at radius 2 is 1.75 bits per heavy atom. The van der Waals surface area contributed by atoms with Crippen LogP contribution in [0, 0.1) is 0 Å². The molecule has 2 aromatic rings. The van der Waals surface area contributed by atoms with Gasteiger partial charge in [-0.1, -0.05) is 48.9 Å². The van der Waals surface area contributed by atoms with Crippen LogP contribution in [0.3, 0.4) is 0 Å². The Kier molecular flexibility index (Phi) is 4.69. The van der Waals surface area contributed by atoms with E-state index in [9.17, 15) is 5.11 Å². The van der Waals surface area contributed by atoms with E-state index in [4.69, 9.17) is 16.3 Å². The molecule has 2 rings (SSSR count). The summed E-state index contributed by atoms with van der Waals surface area (Å²) in [6.07, 6.45) is 0.690. The number of halogens is 1. The lowest BCUT2D eigenvalue weighted by atomic mass is 9.78. The van der Waals surface area contributed by atoms with Crippen LogP contribution < -0.4 is 4.74 Å². The predicted molar refractivity (Wildman–Crippen MR) is 82.6 cm³/mol. The molecule has 0 aliphatic carbocycles. The Morgan fingerprint density at radius 3 is 2.30 bits per heavy atom. The molecule has 1 N–H and O–H groups in total. The summed E-state index contributed by atoms with van der Waals surface area (Å²) in [7, 11) is 1.64. The third kappa shape index (κ3) is 3.14. The van der Waals surface area contributed by atoms with Crippen molar-refractivity contribution in [1.29, 1.82) is 0 Å². The molecule has 106 valence electrons. The molecule has 2 nitrogen and oxygen atoms in total. The molecule has 0 heterocycles. The lowest BCUT2D eigenvalue weighted by Crippen LogP contribution is -2.29. The van der Waals surface area contributed by atoms with Crippen molar-refractivity contribution in [2.75, 3.05) is 13.7 Å². The highest BCUT2D eigenvalue weighted by atomic mass is 35.5. The highest BCUT2D eigenvalue weighted by Gasteiger charge is 2.27. The highest BCUT2D eigenvalue weighted by Crippen LogP contribution is 2.31. The highest BCUT2D eigenvalue weighted by molar-refractivity contribution is 6.31. The van der Waals surface area contributed by atoms with Gasteiger partial charge in [0.2, 0.25) is 0 Å². The van der Waals surface area contributed by atoms with E-state index in [1.807, 2.05) is 55.5 Å². The van der Waals surface area contributed by atoms with Crippen molar-refractivity contribution < 1.29 is 9.84 Å². The number of hydrogen-bond acceptors (Lipinski definition) is 2. The van der Waals surface area contributed by atoms with Gasteiger partial charge in [0, 0.05) is 10.4 Å². The molecule has 3 heteroatoms. The average Bonchev–Trinajstić information content (AvgIpc) is 2.49. The zero-order chi connectivity index (χ0) is 14.6. The molecule has 0 fully saturated rings. The first-order valence-electron chi connectivity index (χ1n) is 6.58. The van der Waals surface area contributed by atoms with E-state index in [2.05, 4.69) is 0 Å². The Labute approximate surface area is 125 Å². The summed E-state index contributed by atoms with van der Waals surface area (Å²) in [6.45, 7) is 2.10. The van der Waals surface area contributed by atoms with Crippen LogP contribution in [0.5, 0.6) is 5.75 Å². The van der Waals surface area contributed by atoms with Crippen molar-refractivity contribution in [3.05, 3.63) is 64.7 Å². The summed E-state index contributed by atoms with van der Waals surface area (Å²) < 4.78 is 5.17. The molecule has 0 aromatic heterocycles. The molecule has 20 heavy (non-hydrogen) atoms. The molecule has 0 radical (unpaired) electrons. The zero-order valence-electron chi connectivity index (χ0n) is 11.8. The molecular formula is C17H19ClO2. The van der Waals surface area contributed by atoms with E-state index in [1.165, 1.54) is 0 Å². The second-order valence-corrected chi connectivity index (χ2v) is 5.62. The molecule has 0 saturated heterocycles. The maximum absolute atomic E-state index is 9.84. The molecule has 0 bridgehead atoms. The summed E-state index contributed by atoms with van der Waals surface area (Å²) in [6, 6.07) is 15.6. The Morgan fingerprint density at radius 1 is 1.10 bits per heavy atom. The summed E-state index contributed by atoms with van der Waals surface area (Å²) in [5.41, 5.74) is 1.75. The number of benzene rings is 2. The summed E-state index contributed by atoms with van der Waals surface area (Å²) in [5.74, 6) is 0.812. The Hall–Kier alpha value is -1.51. The summed E-state index contributed by atoms with van der Waals surface area (Å²) in [5, 5.41) is 10.6. The van der Waals surface area contributed by atoms with Gasteiger partial charge < -0.3 is 9.84 Å². The van der Waals surface area contributed by atoms with Gasteiger partial charge >= 0.3 is 0 Å². The van der Waals surface area contributed by atoms with Crippen LogP contribution in [0.25, 0.3) is 0 Å². The molecule has 1 atom stereocenters. The summed E-state index contributed by atoms with van der Waals surface area (Å²) >= 11 is 6.22. The number of hydrogen-bond donors (Lipinski definition) is 1. The van der Waals surface area contributed by atoms with Crippen LogP contribution in [0.4, 0.5) is 0 Å². The van der Waals surface area contributed by atoms with Crippen molar-refractivity contribution in [2.45, 2.75) is 18.8 Å². The van der Waals surface area contributed by atoms with Gasteiger partial charge in [0.05, 0.1) is 13.7 Å². The van der Waals surface area contributed by atoms with Crippen molar-refractivity contribution in [3.8, 4) is 5.75 Å². The maximum Gasteiger partial charge on any atom is 0.118 e. The van der Waals surface area contributed by atoms with Crippen LogP contribution in [-0.2, 0) is 11.8 Å². The fraction of sp³-hybridized carbons (Fsp3) is 0.294. The van der Waals surface area contributed by atoms with Crippen molar-refractivity contribution in [1.82, 2.24) is 0 Å². The predicted octanol–water partition coefficient (Wildman–Crippen LogP) is 3.84. The van der Waals surface area contributed by atoms with Gasteiger partial charge in [-0.2, -0.15) is 0 Å². The molecule has 0 saturated carbocycles. The van der Waals surface area contributed by atoms with Crippen LogP contribution >= 0.6 is 11.6 Å². The van der Waals surface area contributed by atoms with Crippen LogP contribution in [0.1, 0.15) is 18.1 Å². The molecule has 2 aromatic carbocycles. The number of rotatable bonds is 5. The normalized spacial score (nSPS) is 13.8. The molecule has 0 spiro atoms. The van der Waals surface area contributed by atoms with Crippen LogP contribution in [0.15, 0.2) is 48.5 Å². The van der Waals surface area contributed by atoms with Gasteiger partial charge in [0.1, 0.15) is 5.75 Å². The number of methoxy groups -OCH3 is 1. The minimum atomic E-state index is -0.364. The monoisotopic (exact) mass is 290 g/mol. The van der Waals surface area contributed by atoms with E-state index < -0.39 is 0 Å². The average molecular weight is 291 g/mol. The van der Waals surface area contributed by atoms with Gasteiger partial charge in [-0.15, -0.1) is 0 Å². The van der Waals surface area contributed by atoms with E-state index in [-0.39, 0.29) is 12.0 Å². The summed E-state index contributed by atoms with van der Waals surface area (Å²) in [4.78, 5) is 0. The Balaban J connectivity index is 2.30. The third-order valence-corrected chi connectivity index (χ3v) is 4.04. The van der Waals surface area contributed by atoms with Gasteiger partial charge in [0.15, 0.2) is 0 Å². The second kappa shape index (κ2) is 6.29. The minimum absolute atomic E-state index is 0.0601. The van der Waals surface area contributed by atoms with E-state index in [0.29, 0.717) is 6.42 Å². The fourth-order valence-corrected chi connectivity index (χ4v) is 2.51. The first-order valence-corrected chi connectivity index (χ1v) is 6.95. The van der Waals surface area contributed by atoms with Gasteiger partial charge in [0.25, 0.3) is 0 Å². The van der Waals surface area contributed by atoms with Gasteiger partial charge in [-0.3, -0.25) is 0 Å². The standard InChI is InChI=1S/C17H19ClO2/c1-17(12-19,11-13-5-3-4-6-16(13)18)14-7-9-15(20-2)10-8-14/h3-10,19H,11-12H2,1-2H3. The first kappa shape index (κ1) is 14.9. The molecule has 0 amide bonds. The topological polar surface area (TPSA) is 29.5 Å². The quantitative estimate of drug-likeness (QED) is 0.906. The largest absolute Gasteiger partial charge is 0.497 e. The SMILES string of the molecule is COc1ccc(C(C)(CO)Cc2ccccc2Cl)cc1. The number of aliphatic hydroxyl groups excluding tert-OH is 1. The van der Waals surface area contributed by atoms with Gasteiger partial charge in [-0.05, 0) is 35.7 Å². The number of ether oxygens (including phenoxy) is 1. The first-order chi connectivity index (χ1) is 9.59. The zero-order valence-corrected chi connectivity index (χ0v) is 12.5. The lowest BCUT2D eigenvalue weighted by molar-refractivity contribution is 0.204. The second-order valence-electron chi connectivity index (χ2n) is 5.22. The maximum atomic E-state index is 9.84. The van der Waals surface area contributed by atoms with Gasteiger partial charge in [-0.25, -0.2) is 0 Å². The van der Waals surface area contributed by atoms with Crippen LogP contribution in [-0.4, -0.2) is 18.8 Å². The minimum Gasteiger partial charge on any atom is -0.497 e.